The summed E-state index contributed by atoms with van der Waals surface area (Å²) >= 11 is 0. The maximum absolute atomic E-state index is 14.7. The highest BCUT2D eigenvalue weighted by molar-refractivity contribution is 8.13. The molecule has 2 N–H and O–H groups in total. The van der Waals surface area contributed by atoms with E-state index in [9.17, 15) is 17.2 Å². The Balaban J connectivity index is 1.51. The summed E-state index contributed by atoms with van der Waals surface area (Å²) < 4.78 is 58.7. The van der Waals surface area contributed by atoms with E-state index in [2.05, 4.69) is 20.4 Å². The van der Waals surface area contributed by atoms with E-state index >= 15 is 0 Å². The Morgan fingerprint density at radius 2 is 1.91 bits per heavy atom. The first-order valence-electron chi connectivity index (χ1n) is 11.1. The molecule has 1 aliphatic heterocycles. The molecule has 0 spiro atoms. The van der Waals surface area contributed by atoms with Gasteiger partial charge in [0, 0.05) is 63.0 Å². The maximum atomic E-state index is 14.7. The van der Waals surface area contributed by atoms with E-state index < -0.39 is 26.4 Å². The number of H-pyrrole nitrogens is 1. The molecule has 184 valence electrons. The molecule has 8 nitrogen and oxygen atoms in total. The van der Waals surface area contributed by atoms with E-state index in [1.807, 2.05) is 16.9 Å². The fourth-order valence-corrected chi connectivity index (χ4v) is 4.76. The van der Waals surface area contributed by atoms with Crippen molar-refractivity contribution in [2.45, 2.75) is 18.9 Å². The molecule has 35 heavy (non-hydrogen) atoms. The van der Waals surface area contributed by atoms with Crippen molar-refractivity contribution in [1.29, 1.82) is 0 Å². The molecule has 0 radical (unpaired) electrons. The first-order chi connectivity index (χ1) is 16.8. The second-order valence-corrected chi connectivity index (χ2v) is 11.3. The normalized spacial score (nSPS) is 15.1. The summed E-state index contributed by atoms with van der Waals surface area (Å²) in [6.07, 6.45) is 9.05. The number of hydrogen-bond donors (Lipinski definition) is 2. The van der Waals surface area contributed by atoms with Crippen molar-refractivity contribution < 1.29 is 21.9 Å². The second-order valence-electron chi connectivity index (χ2n) is 8.37. The average Bonchev–Trinajstić information content (AvgIpc) is 3.47. The van der Waals surface area contributed by atoms with Gasteiger partial charge < -0.3 is 15.0 Å². The lowest BCUT2D eigenvalue weighted by atomic mass is 10.0. The molecule has 5 rings (SSSR count). The Bertz CT molecular complexity index is 1480. The highest BCUT2D eigenvalue weighted by Crippen LogP contribution is 2.38. The van der Waals surface area contributed by atoms with Gasteiger partial charge >= 0.3 is 0 Å². The van der Waals surface area contributed by atoms with Crippen LogP contribution in [0.3, 0.4) is 0 Å². The molecule has 1 aliphatic rings. The van der Waals surface area contributed by atoms with Crippen molar-refractivity contribution in [2.24, 2.45) is 0 Å². The fourth-order valence-electron chi connectivity index (χ4n) is 4.29. The van der Waals surface area contributed by atoms with Crippen molar-refractivity contribution in [3.05, 3.63) is 54.6 Å². The van der Waals surface area contributed by atoms with Gasteiger partial charge in [-0.15, -0.1) is 0 Å². The highest BCUT2D eigenvalue weighted by Gasteiger charge is 2.20. The minimum absolute atomic E-state index is 0.130. The van der Waals surface area contributed by atoms with E-state index in [1.165, 1.54) is 0 Å². The Hall–Kier alpha value is -3.02. The number of pyridine rings is 1. The van der Waals surface area contributed by atoms with Gasteiger partial charge in [-0.1, -0.05) is 0 Å². The van der Waals surface area contributed by atoms with Gasteiger partial charge in [0.1, 0.15) is 18.1 Å². The average molecular weight is 522 g/mol. The van der Waals surface area contributed by atoms with Crippen LogP contribution in [-0.2, 0) is 9.05 Å². The number of benzene rings is 1. The summed E-state index contributed by atoms with van der Waals surface area (Å²) in [5.41, 5.74) is 2.78. The van der Waals surface area contributed by atoms with E-state index in [-0.39, 0.29) is 17.9 Å². The molecule has 4 heterocycles. The summed E-state index contributed by atoms with van der Waals surface area (Å²) in [4.78, 5) is 7.48. The Morgan fingerprint density at radius 1 is 1.11 bits per heavy atom. The molecule has 0 atom stereocenters. The van der Waals surface area contributed by atoms with Crippen LogP contribution >= 0.6 is 10.7 Å². The van der Waals surface area contributed by atoms with E-state index in [0.29, 0.717) is 28.7 Å². The van der Waals surface area contributed by atoms with Crippen LogP contribution in [-0.4, -0.2) is 53.6 Å². The Labute approximate surface area is 204 Å². The number of aromatic amines is 1. The van der Waals surface area contributed by atoms with E-state index in [1.54, 1.807) is 18.6 Å². The molecule has 0 saturated carbocycles. The molecular formula is C23H22ClF2N5O3S. The molecule has 0 amide bonds. The number of ether oxygens (including phenoxy) is 1. The largest absolute Gasteiger partial charge is 0.489 e. The summed E-state index contributed by atoms with van der Waals surface area (Å²) in [6.45, 7) is 1.51. The molecule has 1 saturated heterocycles. The standard InChI is InChI=1S/C23H22ClF2N5O3S/c24-35(32,33)6-5-34-22-18(8-16(25)9-21(22)26)20-12-29-23-19(20)7-14(10-28-23)15-11-30-31(13-15)17-1-3-27-4-2-17/h7-13,17,27H,1-6H2,(H,28,29). The van der Waals surface area contributed by atoms with Gasteiger partial charge in [0.15, 0.2) is 11.6 Å². The van der Waals surface area contributed by atoms with Crippen LogP contribution in [0, 0.1) is 11.6 Å². The Kier molecular flexibility index (Phi) is 6.47. The van der Waals surface area contributed by atoms with Gasteiger partial charge in [-0.3, -0.25) is 4.68 Å². The van der Waals surface area contributed by atoms with Gasteiger partial charge in [-0.25, -0.2) is 22.2 Å². The molecule has 0 unspecified atom stereocenters. The predicted octanol–water partition coefficient (Wildman–Crippen LogP) is 4.24. The van der Waals surface area contributed by atoms with Gasteiger partial charge in [0.25, 0.3) is 0 Å². The van der Waals surface area contributed by atoms with Crippen LogP contribution in [0.4, 0.5) is 8.78 Å². The molecule has 12 heteroatoms. The number of aromatic nitrogens is 4. The monoisotopic (exact) mass is 521 g/mol. The fraction of sp³-hybridized carbons (Fsp3) is 0.304. The van der Waals surface area contributed by atoms with Crippen molar-refractivity contribution in [1.82, 2.24) is 25.1 Å². The van der Waals surface area contributed by atoms with Crippen LogP contribution in [0.2, 0.25) is 0 Å². The van der Waals surface area contributed by atoms with E-state index in [0.717, 1.165) is 43.1 Å². The van der Waals surface area contributed by atoms with Crippen molar-refractivity contribution in [2.75, 3.05) is 25.4 Å². The van der Waals surface area contributed by atoms with Crippen LogP contribution < -0.4 is 10.1 Å². The van der Waals surface area contributed by atoms with Crippen LogP contribution in [0.5, 0.6) is 5.75 Å². The van der Waals surface area contributed by atoms with Crippen LogP contribution in [0.15, 0.2) is 43.0 Å². The number of piperidine rings is 1. The number of halogens is 3. The lowest BCUT2D eigenvalue weighted by Gasteiger charge is -2.22. The third-order valence-electron chi connectivity index (χ3n) is 6.02. The smallest absolute Gasteiger partial charge is 0.235 e. The first kappa shape index (κ1) is 23.7. The zero-order valence-corrected chi connectivity index (χ0v) is 20.0. The minimum Gasteiger partial charge on any atom is -0.489 e. The third kappa shape index (κ3) is 5.16. The number of hydrogen-bond acceptors (Lipinski definition) is 6. The quantitative estimate of drug-likeness (QED) is 0.353. The molecule has 1 fully saturated rings. The van der Waals surface area contributed by atoms with E-state index in [4.69, 9.17) is 15.4 Å². The molecule has 0 bridgehead atoms. The molecule has 3 aromatic heterocycles. The van der Waals surface area contributed by atoms with Gasteiger partial charge in [-0.05, 0) is 38.1 Å². The van der Waals surface area contributed by atoms with Crippen molar-refractivity contribution >= 4 is 30.8 Å². The molecule has 1 aromatic carbocycles. The SMILES string of the molecule is O=S(=O)(Cl)CCOc1c(F)cc(F)cc1-c1c[nH]c2ncc(-c3cnn(C4CCNCC4)c3)cc12. The number of nitrogens with zero attached hydrogens (tertiary/aromatic N) is 3. The molecule has 4 aromatic rings. The van der Waals surface area contributed by atoms with Crippen LogP contribution in [0.25, 0.3) is 33.3 Å². The van der Waals surface area contributed by atoms with Crippen molar-refractivity contribution in [3.63, 3.8) is 0 Å². The zero-order valence-electron chi connectivity index (χ0n) is 18.5. The minimum atomic E-state index is -3.84. The van der Waals surface area contributed by atoms with Crippen molar-refractivity contribution in [3.8, 4) is 28.0 Å². The summed E-state index contributed by atoms with van der Waals surface area (Å²) in [7, 11) is 1.39. The topological polar surface area (TPSA) is 102 Å². The summed E-state index contributed by atoms with van der Waals surface area (Å²) in [5.74, 6) is -2.53. The second kappa shape index (κ2) is 9.56. The lowest BCUT2D eigenvalue weighted by Crippen LogP contribution is -2.29. The molecular weight excluding hydrogens is 500 g/mol. The summed E-state index contributed by atoms with van der Waals surface area (Å²) in [5, 5.41) is 8.49. The third-order valence-corrected chi connectivity index (χ3v) is 7.14. The van der Waals surface area contributed by atoms with Gasteiger partial charge in [0.05, 0.1) is 18.0 Å². The lowest BCUT2D eigenvalue weighted by molar-refractivity contribution is 0.323. The van der Waals surface area contributed by atoms with Crippen LogP contribution in [0.1, 0.15) is 18.9 Å². The van der Waals surface area contributed by atoms with Gasteiger partial charge in [0.2, 0.25) is 9.05 Å². The Morgan fingerprint density at radius 3 is 2.69 bits per heavy atom. The number of rotatable bonds is 7. The number of fused-ring (bicyclic) bond motifs is 1. The first-order valence-corrected chi connectivity index (χ1v) is 13.5. The predicted molar refractivity (Wildman–Crippen MR) is 129 cm³/mol. The summed E-state index contributed by atoms with van der Waals surface area (Å²) in [6, 6.07) is 4.02. The highest BCUT2D eigenvalue weighted by atomic mass is 35.7. The van der Waals surface area contributed by atoms with Gasteiger partial charge in [-0.2, -0.15) is 5.10 Å². The number of nitrogens with one attached hydrogen (secondary N) is 2. The zero-order chi connectivity index (χ0) is 24.6. The molecule has 0 aliphatic carbocycles. The maximum Gasteiger partial charge on any atom is 0.235 e.